The van der Waals surface area contributed by atoms with Gasteiger partial charge in [-0.2, -0.15) is 0 Å². The zero-order valence-electron chi connectivity index (χ0n) is 13.8. The SMILES string of the molecule is O=C(NCc1cccs1)c1ccc2onc(-c3coc(C4CC4)n3)c2c1. The van der Waals surface area contributed by atoms with E-state index in [4.69, 9.17) is 8.94 Å². The van der Waals surface area contributed by atoms with Gasteiger partial charge in [0.15, 0.2) is 11.5 Å². The van der Waals surface area contributed by atoms with Crippen LogP contribution in [0.15, 0.2) is 50.9 Å². The highest BCUT2D eigenvalue weighted by molar-refractivity contribution is 7.09. The largest absolute Gasteiger partial charge is 0.448 e. The third kappa shape index (κ3) is 2.80. The van der Waals surface area contributed by atoms with E-state index < -0.39 is 0 Å². The van der Waals surface area contributed by atoms with Gasteiger partial charge in [0.2, 0.25) is 0 Å². The molecule has 0 saturated heterocycles. The minimum absolute atomic E-state index is 0.133. The predicted molar refractivity (Wildman–Crippen MR) is 97.0 cm³/mol. The van der Waals surface area contributed by atoms with Crippen LogP contribution in [-0.4, -0.2) is 16.0 Å². The molecule has 0 bridgehead atoms. The van der Waals surface area contributed by atoms with Gasteiger partial charge in [0.1, 0.15) is 17.7 Å². The number of amides is 1. The van der Waals surface area contributed by atoms with E-state index in [1.54, 1.807) is 35.8 Å². The molecule has 3 heterocycles. The number of carbonyl (C=O) groups excluding carboxylic acids is 1. The third-order valence-corrected chi connectivity index (χ3v) is 5.30. The van der Waals surface area contributed by atoms with Crippen LogP contribution in [0.5, 0.6) is 0 Å². The fourth-order valence-electron chi connectivity index (χ4n) is 2.86. The highest BCUT2D eigenvalue weighted by atomic mass is 32.1. The Bertz CT molecular complexity index is 1080. The van der Waals surface area contributed by atoms with E-state index in [-0.39, 0.29) is 5.91 Å². The summed E-state index contributed by atoms with van der Waals surface area (Å²) in [7, 11) is 0. The van der Waals surface area contributed by atoms with Crippen LogP contribution in [0.4, 0.5) is 0 Å². The molecule has 26 heavy (non-hydrogen) atoms. The molecule has 3 aromatic heterocycles. The van der Waals surface area contributed by atoms with Crippen molar-refractivity contribution in [2.75, 3.05) is 0 Å². The summed E-state index contributed by atoms with van der Waals surface area (Å²) in [5, 5.41) is 9.79. The number of nitrogens with one attached hydrogen (secondary N) is 1. The van der Waals surface area contributed by atoms with Crippen molar-refractivity contribution in [1.82, 2.24) is 15.5 Å². The van der Waals surface area contributed by atoms with Gasteiger partial charge in [0.25, 0.3) is 5.91 Å². The van der Waals surface area contributed by atoms with Crippen molar-refractivity contribution in [2.45, 2.75) is 25.3 Å². The van der Waals surface area contributed by atoms with E-state index in [9.17, 15) is 4.79 Å². The Kier molecular flexibility index (Phi) is 3.60. The average molecular weight is 365 g/mol. The number of carbonyl (C=O) groups is 1. The average Bonchev–Trinajstić information content (AvgIpc) is 3.07. The number of benzene rings is 1. The normalized spacial score (nSPS) is 14.0. The van der Waals surface area contributed by atoms with E-state index in [1.165, 1.54) is 0 Å². The molecule has 0 atom stereocenters. The summed E-state index contributed by atoms with van der Waals surface area (Å²) in [5.74, 6) is 1.05. The number of thiophene rings is 1. The molecule has 1 amide bonds. The summed E-state index contributed by atoms with van der Waals surface area (Å²) in [6.07, 6.45) is 3.84. The van der Waals surface area contributed by atoms with Gasteiger partial charge in [-0.15, -0.1) is 11.3 Å². The summed E-state index contributed by atoms with van der Waals surface area (Å²) >= 11 is 1.62. The van der Waals surface area contributed by atoms with Crippen LogP contribution in [0, 0.1) is 0 Å². The molecule has 5 rings (SSSR count). The minimum Gasteiger partial charge on any atom is -0.448 e. The summed E-state index contributed by atoms with van der Waals surface area (Å²) in [5.41, 5.74) is 2.42. The van der Waals surface area contributed by atoms with E-state index in [0.717, 1.165) is 29.0 Å². The van der Waals surface area contributed by atoms with Crippen molar-refractivity contribution >= 4 is 28.2 Å². The summed E-state index contributed by atoms with van der Waals surface area (Å²) < 4.78 is 10.9. The lowest BCUT2D eigenvalue weighted by Gasteiger charge is -2.03. The molecule has 1 saturated carbocycles. The molecule has 1 aliphatic rings. The molecule has 0 unspecified atom stereocenters. The van der Waals surface area contributed by atoms with Crippen LogP contribution >= 0.6 is 11.3 Å². The number of rotatable bonds is 5. The van der Waals surface area contributed by atoms with E-state index in [0.29, 0.717) is 35.0 Å². The van der Waals surface area contributed by atoms with Crippen molar-refractivity contribution in [3.8, 4) is 11.4 Å². The van der Waals surface area contributed by atoms with Crippen LogP contribution in [-0.2, 0) is 6.54 Å². The molecule has 4 aromatic rings. The highest BCUT2D eigenvalue weighted by Crippen LogP contribution is 2.40. The van der Waals surface area contributed by atoms with E-state index >= 15 is 0 Å². The first-order valence-corrected chi connectivity index (χ1v) is 9.32. The third-order valence-electron chi connectivity index (χ3n) is 4.43. The maximum atomic E-state index is 12.5. The second-order valence-electron chi connectivity index (χ2n) is 6.35. The Morgan fingerprint density at radius 1 is 1.31 bits per heavy atom. The molecule has 1 N–H and O–H groups in total. The smallest absolute Gasteiger partial charge is 0.251 e. The van der Waals surface area contributed by atoms with Crippen LogP contribution in [0.3, 0.4) is 0 Å². The maximum Gasteiger partial charge on any atom is 0.251 e. The number of aromatic nitrogens is 2. The van der Waals surface area contributed by atoms with Gasteiger partial charge < -0.3 is 14.3 Å². The van der Waals surface area contributed by atoms with Gasteiger partial charge in [-0.25, -0.2) is 4.98 Å². The second kappa shape index (κ2) is 6.10. The topological polar surface area (TPSA) is 81.2 Å². The minimum atomic E-state index is -0.133. The number of oxazole rings is 1. The van der Waals surface area contributed by atoms with Crippen molar-refractivity contribution in [3.63, 3.8) is 0 Å². The molecule has 6 nitrogen and oxygen atoms in total. The maximum absolute atomic E-state index is 12.5. The van der Waals surface area contributed by atoms with Crippen molar-refractivity contribution in [2.24, 2.45) is 0 Å². The first-order chi connectivity index (χ1) is 12.8. The Labute approximate surface area is 152 Å². The van der Waals surface area contributed by atoms with Gasteiger partial charge in [-0.1, -0.05) is 11.2 Å². The van der Waals surface area contributed by atoms with E-state index in [1.807, 2.05) is 17.5 Å². The molecule has 0 spiro atoms. The predicted octanol–water partition coefficient (Wildman–Crippen LogP) is 4.35. The Morgan fingerprint density at radius 3 is 3.04 bits per heavy atom. The molecular formula is C19H15N3O3S. The summed E-state index contributed by atoms with van der Waals surface area (Å²) in [6, 6.07) is 9.24. The Balaban J connectivity index is 1.43. The van der Waals surface area contributed by atoms with Gasteiger partial charge in [0.05, 0.1) is 11.9 Å². The van der Waals surface area contributed by atoms with Gasteiger partial charge >= 0.3 is 0 Å². The van der Waals surface area contributed by atoms with Crippen LogP contribution < -0.4 is 5.32 Å². The zero-order chi connectivity index (χ0) is 17.5. The molecule has 130 valence electrons. The van der Waals surface area contributed by atoms with Crippen molar-refractivity contribution in [3.05, 3.63) is 58.3 Å². The van der Waals surface area contributed by atoms with Gasteiger partial charge in [0, 0.05) is 16.4 Å². The lowest BCUT2D eigenvalue weighted by Crippen LogP contribution is -2.22. The molecule has 0 radical (unpaired) electrons. The van der Waals surface area contributed by atoms with Crippen molar-refractivity contribution < 1.29 is 13.7 Å². The first kappa shape index (κ1) is 15.3. The molecular weight excluding hydrogens is 350 g/mol. The molecule has 1 aliphatic carbocycles. The quantitative estimate of drug-likeness (QED) is 0.568. The van der Waals surface area contributed by atoms with Crippen molar-refractivity contribution in [1.29, 1.82) is 0 Å². The zero-order valence-corrected chi connectivity index (χ0v) is 14.6. The number of hydrogen-bond acceptors (Lipinski definition) is 6. The molecule has 1 aromatic carbocycles. The van der Waals surface area contributed by atoms with Gasteiger partial charge in [-0.05, 0) is 42.5 Å². The molecule has 0 aliphatic heterocycles. The van der Waals surface area contributed by atoms with Crippen LogP contribution in [0.25, 0.3) is 22.4 Å². The molecule has 1 fully saturated rings. The summed E-state index contributed by atoms with van der Waals surface area (Å²) in [6.45, 7) is 0.513. The number of fused-ring (bicyclic) bond motifs is 1. The van der Waals surface area contributed by atoms with Gasteiger partial charge in [-0.3, -0.25) is 4.79 Å². The fraction of sp³-hybridized carbons (Fsp3) is 0.211. The summed E-state index contributed by atoms with van der Waals surface area (Å²) in [4.78, 5) is 18.1. The Hall–Kier alpha value is -2.93. The highest BCUT2D eigenvalue weighted by Gasteiger charge is 2.29. The lowest BCUT2D eigenvalue weighted by atomic mass is 10.1. The molecule has 7 heteroatoms. The second-order valence-corrected chi connectivity index (χ2v) is 7.38. The lowest BCUT2D eigenvalue weighted by molar-refractivity contribution is 0.0951. The van der Waals surface area contributed by atoms with Crippen LogP contribution in [0.1, 0.15) is 39.9 Å². The number of hydrogen-bond donors (Lipinski definition) is 1. The fourth-order valence-corrected chi connectivity index (χ4v) is 3.51. The first-order valence-electron chi connectivity index (χ1n) is 8.44. The van der Waals surface area contributed by atoms with E-state index in [2.05, 4.69) is 15.5 Å². The standard InChI is InChI=1S/C19H15N3O3S/c23-18(20-9-13-2-1-7-26-13)12-5-6-16-14(8-12)17(22-25-16)15-10-24-19(21-15)11-3-4-11/h1-2,5-8,10-11H,3-4,9H2,(H,20,23). The monoisotopic (exact) mass is 365 g/mol. The van der Waals surface area contributed by atoms with Crippen LogP contribution in [0.2, 0.25) is 0 Å². The Morgan fingerprint density at radius 2 is 2.23 bits per heavy atom. The number of nitrogens with zero attached hydrogens (tertiary/aromatic N) is 2.